The molecular weight excluding hydrogens is 328 g/mol. The van der Waals surface area contributed by atoms with Crippen LogP contribution in [0.3, 0.4) is 0 Å². The number of thiazole rings is 1. The number of thioether (sulfide) groups is 1. The van der Waals surface area contributed by atoms with Crippen LogP contribution < -0.4 is 5.32 Å². The Labute approximate surface area is 143 Å². The Balaban J connectivity index is 1.58. The van der Waals surface area contributed by atoms with Gasteiger partial charge in [-0.15, -0.1) is 11.3 Å². The average Bonchev–Trinajstić information content (AvgIpc) is 3.11. The van der Waals surface area contributed by atoms with Gasteiger partial charge in [0.25, 0.3) is 0 Å². The van der Waals surface area contributed by atoms with Gasteiger partial charge in [0, 0.05) is 12.6 Å². The lowest BCUT2D eigenvalue weighted by molar-refractivity contribution is -0.113. The summed E-state index contributed by atoms with van der Waals surface area (Å²) in [4.78, 5) is 16.7. The number of para-hydroxylation sites is 1. The largest absolute Gasteiger partial charge is 0.310 e. The molecule has 2 heterocycles. The quantitative estimate of drug-likeness (QED) is 0.688. The number of hydrogen-bond acceptors (Lipinski definition) is 5. The van der Waals surface area contributed by atoms with E-state index < -0.39 is 0 Å². The third kappa shape index (κ3) is 4.11. The lowest BCUT2D eigenvalue weighted by atomic mass is 10.2. The zero-order chi connectivity index (χ0) is 16.2. The zero-order valence-electron chi connectivity index (χ0n) is 13.0. The predicted molar refractivity (Wildman–Crippen MR) is 96.0 cm³/mol. The molecule has 1 amide bonds. The summed E-state index contributed by atoms with van der Waals surface area (Å²) in [6.07, 6.45) is 1.71. The Bertz CT molecular complexity index is 776. The van der Waals surface area contributed by atoms with E-state index in [0.717, 1.165) is 26.9 Å². The highest BCUT2D eigenvalue weighted by Gasteiger charge is 2.10. The molecule has 1 N–H and O–H groups in total. The van der Waals surface area contributed by atoms with Crippen LogP contribution in [0.5, 0.6) is 0 Å². The van der Waals surface area contributed by atoms with Crippen LogP contribution in [0.1, 0.15) is 13.8 Å². The summed E-state index contributed by atoms with van der Waals surface area (Å²) in [7, 11) is 0. The minimum atomic E-state index is -0.0419. The van der Waals surface area contributed by atoms with Crippen molar-refractivity contribution in [2.75, 3.05) is 11.1 Å². The number of fused-ring (bicyclic) bond motifs is 1. The van der Waals surface area contributed by atoms with Crippen LogP contribution >= 0.6 is 23.1 Å². The molecule has 3 rings (SSSR count). The molecule has 120 valence electrons. The Morgan fingerprint density at radius 3 is 2.96 bits per heavy atom. The molecule has 0 fully saturated rings. The Morgan fingerprint density at radius 2 is 2.17 bits per heavy atom. The molecule has 0 spiro atoms. The van der Waals surface area contributed by atoms with Crippen LogP contribution in [0.25, 0.3) is 10.2 Å². The summed E-state index contributed by atoms with van der Waals surface area (Å²) in [5, 5.41) is 7.16. The highest BCUT2D eigenvalue weighted by atomic mass is 32.2. The molecule has 0 aliphatic carbocycles. The standard InChI is InChI=1S/C16H18N4OS2/c1-11(2)9-20-14(7-8-17-20)19-15(21)10-22-16-18-12-5-3-4-6-13(12)23-16/h3-8,11H,9-10H2,1-2H3,(H,19,21). The predicted octanol–water partition coefficient (Wildman–Crippen LogP) is 3.88. The van der Waals surface area contributed by atoms with E-state index in [4.69, 9.17) is 0 Å². The number of nitrogens with zero attached hydrogens (tertiary/aromatic N) is 3. The number of rotatable bonds is 6. The molecule has 1 aromatic carbocycles. The molecule has 0 saturated heterocycles. The summed E-state index contributed by atoms with van der Waals surface area (Å²) in [5.41, 5.74) is 0.982. The highest BCUT2D eigenvalue weighted by Crippen LogP contribution is 2.29. The zero-order valence-corrected chi connectivity index (χ0v) is 14.7. The van der Waals surface area contributed by atoms with E-state index in [1.807, 2.05) is 35.0 Å². The van der Waals surface area contributed by atoms with Gasteiger partial charge in [-0.25, -0.2) is 9.67 Å². The third-order valence-corrected chi connectivity index (χ3v) is 5.30. The van der Waals surface area contributed by atoms with Gasteiger partial charge in [-0.05, 0) is 18.1 Å². The number of amides is 1. The molecule has 0 radical (unpaired) electrons. The van der Waals surface area contributed by atoms with Gasteiger partial charge >= 0.3 is 0 Å². The van der Waals surface area contributed by atoms with E-state index in [9.17, 15) is 4.79 Å². The lowest BCUT2D eigenvalue weighted by Gasteiger charge is -2.10. The van der Waals surface area contributed by atoms with E-state index >= 15 is 0 Å². The van der Waals surface area contributed by atoms with Crippen molar-refractivity contribution in [2.45, 2.75) is 24.7 Å². The second kappa shape index (κ2) is 7.14. The van der Waals surface area contributed by atoms with Crippen molar-refractivity contribution in [3.63, 3.8) is 0 Å². The minimum absolute atomic E-state index is 0.0419. The molecule has 0 atom stereocenters. The van der Waals surface area contributed by atoms with Gasteiger partial charge in [-0.2, -0.15) is 5.10 Å². The number of nitrogens with one attached hydrogen (secondary N) is 1. The molecule has 7 heteroatoms. The fraction of sp³-hybridized carbons (Fsp3) is 0.312. The van der Waals surface area contributed by atoms with Crippen molar-refractivity contribution in [3.8, 4) is 0 Å². The third-order valence-electron chi connectivity index (χ3n) is 3.12. The first-order valence-electron chi connectivity index (χ1n) is 7.42. The summed E-state index contributed by atoms with van der Waals surface area (Å²) in [6.45, 7) is 5.03. The van der Waals surface area contributed by atoms with Crippen LogP contribution in [0.2, 0.25) is 0 Å². The first kappa shape index (κ1) is 16.0. The van der Waals surface area contributed by atoms with Crippen molar-refractivity contribution >= 4 is 45.0 Å². The molecule has 0 aliphatic heterocycles. The number of benzene rings is 1. The maximum Gasteiger partial charge on any atom is 0.235 e. The fourth-order valence-electron chi connectivity index (χ4n) is 2.15. The smallest absolute Gasteiger partial charge is 0.235 e. The molecule has 23 heavy (non-hydrogen) atoms. The first-order chi connectivity index (χ1) is 11.1. The van der Waals surface area contributed by atoms with Gasteiger partial charge in [0.2, 0.25) is 5.91 Å². The monoisotopic (exact) mass is 346 g/mol. The lowest BCUT2D eigenvalue weighted by Crippen LogP contribution is -2.18. The van der Waals surface area contributed by atoms with E-state index in [1.54, 1.807) is 17.5 Å². The number of carbonyl (C=O) groups excluding carboxylic acids is 1. The van der Waals surface area contributed by atoms with Crippen molar-refractivity contribution in [1.29, 1.82) is 0 Å². The molecule has 3 aromatic rings. The number of aromatic nitrogens is 3. The van der Waals surface area contributed by atoms with Gasteiger partial charge in [-0.1, -0.05) is 37.7 Å². The molecule has 0 bridgehead atoms. The maximum absolute atomic E-state index is 12.1. The van der Waals surface area contributed by atoms with Crippen LogP contribution in [-0.4, -0.2) is 26.4 Å². The molecule has 0 aliphatic rings. The summed E-state index contributed by atoms with van der Waals surface area (Å²) in [5.74, 6) is 1.52. The molecule has 0 saturated carbocycles. The van der Waals surface area contributed by atoms with Crippen molar-refractivity contribution in [3.05, 3.63) is 36.5 Å². The Hall–Kier alpha value is -1.86. The second-order valence-corrected chi connectivity index (χ2v) is 7.83. The van der Waals surface area contributed by atoms with Gasteiger partial charge in [0.1, 0.15) is 5.82 Å². The second-order valence-electron chi connectivity index (χ2n) is 5.58. The van der Waals surface area contributed by atoms with Gasteiger partial charge in [0.05, 0.1) is 22.2 Å². The fourth-order valence-corrected chi connectivity index (χ4v) is 4.02. The highest BCUT2D eigenvalue weighted by molar-refractivity contribution is 8.01. The molecule has 0 unspecified atom stereocenters. The summed E-state index contributed by atoms with van der Waals surface area (Å²) in [6, 6.07) is 9.82. The number of anilines is 1. The van der Waals surface area contributed by atoms with Gasteiger partial charge in [0.15, 0.2) is 4.34 Å². The van der Waals surface area contributed by atoms with E-state index in [-0.39, 0.29) is 5.91 Å². The summed E-state index contributed by atoms with van der Waals surface area (Å²) < 4.78 is 3.88. The normalized spacial score (nSPS) is 11.3. The molecule has 5 nitrogen and oxygen atoms in total. The first-order valence-corrected chi connectivity index (χ1v) is 9.22. The molecule has 2 aromatic heterocycles. The van der Waals surface area contributed by atoms with Gasteiger partial charge in [-0.3, -0.25) is 4.79 Å². The SMILES string of the molecule is CC(C)Cn1nccc1NC(=O)CSc1nc2ccccc2s1. The van der Waals surface area contributed by atoms with Crippen molar-refractivity contribution < 1.29 is 4.79 Å². The van der Waals surface area contributed by atoms with Gasteiger partial charge < -0.3 is 5.32 Å². The van der Waals surface area contributed by atoms with E-state index in [1.165, 1.54) is 11.8 Å². The minimum Gasteiger partial charge on any atom is -0.310 e. The number of carbonyl (C=O) groups is 1. The van der Waals surface area contributed by atoms with Crippen LogP contribution in [0.15, 0.2) is 40.9 Å². The molecular formula is C16H18N4OS2. The van der Waals surface area contributed by atoms with Crippen LogP contribution in [0, 0.1) is 5.92 Å². The Kier molecular flexibility index (Phi) is 4.97. The van der Waals surface area contributed by atoms with Crippen LogP contribution in [0.4, 0.5) is 5.82 Å². The Morgan fingerprint density at radius 1 is 1.35 bits per heavy atom. The van der Waals surface area contributed by atoms with Crippen LogP contribution in [-0.2, 0) is 11.3 Å². The number of hydrogen-bond donors (Lipinski definition) is 1. The van der Waals surface area contributed by atoms with Crippen molar-refractivity contribution in [2.24, 2.45) is 5.92 Å². The maximum atomic E-state index is 12.1. The average molecular weight is 346 g/mol. The van der Waals surface area contributed by atoms with Crippen molar-refractivity contribution in [1.82, 2.24) is 14.8 Å². The summed E-state index contributed by atoms with van der Waals surface area (Å²) >= 11 is 3.07. The topological polar surface area (TPSA) is 59.8 Å². The van der Waals surface area contributed by atoms with E-state index in [2.05, 4.69) is 29.2 Å². The van der Waals surface area contributed by atoms with E-state index in [0.29, 0.717) is 11.7 Å².